The van der Waals surface area contributed by atoms with E-state index in [2.05, 4.69) is 12.1 Å². The third kappa shape index (κ3) is 2.26. The predicted molar refractivity (Wildman–Crippen MR) is 74.6 cm³/mol. The van der Waals surface area contributed by atoms with Crippen LogP contribution >= 0.6 is 0 Å². The molecule has 2 atom stereocenters. The first-order chi connectivity index (χ1) is 8.60. The van der Waals surface area contributed by atoms with E-state index in [9.17, 15) is 5.11 Å². The molecule has 0 bridgehead atoms. The van der Waals surface area contributed by atoms with Crippen molar-refractivity contribution in [3.63, 3.8) is 0 Å². The minimum atomic E-state index is -0.614. The average molecular weight is 244 g/mol. The van der Waals surface area contributed by atoms with Gasteiger partial charge in [0.1, 0.15) is 6.10 Å². The highest BCUT2D eigenvalue weighted by Gasteiger charge is 2.32. The zero-order chi connectivity index (χ0) is 13.2. The Morgan fingerprint density at radius 3 is 2.44 bits per heavy atom. The Hall–Kier alpha value is -1.38. The molecule has 2 heteroatoms. The van der Waals surface area contributed by atoms with Gasteiger partial charge in [-0.3, -0.25) is 0 Å². The standard InChI is InChI=1S/C16H20O2/c1-4-16(2,18-3)15(17)14-10-9-12-7-5-6-8-13(12)11-14/h5-11,15,17H,4H2,1-3H3. The van der Waals surface area contributed by atoms with Crippen molar-refractivity contribution in [2.24, 2.45) is 0 Å². The maximum absolute atomic E-state index is 10.5. The molecule has 0 aliphatic rings. The number of methoxy groups -OCH3 is 1. The normalized spacial score (nSPS) is 16.4. The van der Waals surface area contributed by atoms with Crippen LogP contribution in [0.1, 0.15) is 31.9 Å². The molecule has 18 heavy (non-hydrogen) atoms. The van der Waals surface area contributed by atoms with Crippen molar-refractivity contribution < 1.29 is 9.84 Å². The first-order valence-electron chi connectivity index (χ1n) is 6.32. The Bertz CT molecular complexity index is 529. The van der Waals surface area contributed by atoms with Gasteiger partial charge in [-0.15, -0.1) is 0 Å². The van der Waals surface area contributed by atoms with Crippen LogP contribution in [-0.2, 0) is 4.74 Å². The van der Waals surface area contributed by atoms with E-state index < -0.39 is 11.7 Å². The van der Waals surface area contributed by atoms with Gasteiger partial charge in [-0.2, -0.15) is 0 Å². The molecule has 0 saturated carbocycles. The summed E-state index contributed by atoms with van der Waals surface area (Å²) in [5.41, 5.74) is 0.363. The van der Waals surface area contributed by atoms with Crippen molar-refractivity contribution >= 4 is 10.8 Å². The molecular formula is C16H20O2. The van der Waals surface area contributed by atoms with Crippen LogP contribution in [0.3, 0.4) is 0 Å². The third-order valence-electron chi connectivity index (χ3n) is 3.84. The lowest BCUT2D eigenvalue weighted by molar-refractivity contribution is -0.0943. The Kier molecular flexibility index (Phi) is 3.69. The molecule has 2 aromatic rings. The van der Waals surface area contributed by atoms with Crippen molar-refractivity contribution in [1.29, 1.82) is 0 Å². The number of hydrogen-bond donors (Lipinski definition) is 1. The van der Waals surface area contributed by atoms with Crippen LogP contribution in [0.4, 0.5) is 0 Å². The van der Waals surface area contributed by atoms with Gasteiger partial charge in [-0.25, -0.2) is 0 Å². The van der Waals surface area contributed by atoms with Crippen molar-refractivity contribution in [1.82, 2.24) is 0 Å². The summed E-state index contributed by atoms with van der Waals surface area (Å²) in [5, 5.41) is 12.8. The fourth-order valence-corrected chi connectivity index (χ4v) is 2.18. The molecule has 0 aromatic heterocycles. The molecule has 1 N–H and O–H groups in total. The number of rotatable bonds is 4. The summed E-state index contributed by atoms with van der Waals surface area (Å²) in [4.78, 5) is 0. The highest BCUT2D eigenvalue weighted by atomic mass is 16.5. The number of benzene rings is 2. The molecule has 0 spiro atoms. The Balaban J connectivity index is 2.42. The van der Waals surface area contributed by atoms with Crippen LogP contribution in [0, 0.1) is 0 Å². The predicted octanol–water partition coefficient (Wildman–Crippen LogP) is 3.69. The molecule has 0 aliphatic heterocycles. The Labute approximate surface area is 108 Å². The van der Waals surface area contributed by atoms with E-state index in [0.717, 1.165) is 17.4 Å². The summed E-state index contributed by atoms with van der Waals surface area (Å²) in [7, 11) is 1.65. The molecule has 2 rings (SSSR count). The van der Waals surface area contributed by atoms with E-state index in [1.807, 2.05) is 44.2 Å². The van der Waals surface area contributed by atoms with E-state index in [-0.39, 0.29) is 0 Å². The maximum Gasteiger partial charge on any atom is 0.108 e. The van der Waals surface area contributed by atoms with Gasteiger partial charge in [0.05, 0.1) is 5.60 Å². The fraction of sp³-hybridized carbons (Fsp3) is 0.375. The van der Waals surface area contributed by atoms with Crippen LogP contribution in [0.25, 0.3) is 10.8 Å². The first-order valence-corrected chi connectivity index (χ1v) is 6.32. The van der Waals surface area contributed by atoms with E-state index in [1.54, 1.807) is 7.11 Å². The summed E-state index contributed by atoms with van der Waals surface area (Å²) in [6, 6.07) is 14.2. The first kappa shape index (κ1) is 13.1. The summed E-state index contributed by atoms with van der Waals surface area (Å²) in [5.74, 6) is 0. The SMILES string of the molecule is CCC(C)(OC)C(O)c1ccc2ccccc2c1. The molecule has 0 saturated heterocycles. The minimum absolute atomic E-state index is 0.539. The molecule has 2 aromatic carbocycles. The topological polar surface area (TPSA) is 29.5 Å². The van der Waals surface area contributed by atoms with Gasteiger partial charge in [-0.05, 0) is 35.7 Å². The van der Waals surface area contributed by atoms with Gasteiger partial charge in [0, 0.05) is 7.11 Å². The Morgan fingerprint density at radius 2 is 1.83 bits per heavy atom. The second-order valence-electron chi connectivity index (χ2n) is 4.88. The van der Waals surface area contributed by atoms with E-state index >= 15 is 0 Å². The van der Waals surface area contributed by atoms with Gasteiger partial charge in [0.25, 0.3) is 0 Å². The molecule has 2 nitrogen and oxygen atoms in total. The molecule has 0 fully saturated rings. The lowest BCUT2D eigenvalue weighted by Crippen LogP contribution is -2.34. The molecular weight excluding hydrogens is 224 g/mol. The lowest BCUT2D eigenvalue weighted by Gasteiger charge is -2.32. The number of aliphatic hydroxyl groups is 1. The molecule has 0 aliphatic carbocycles. The highest BCUT2D eigenvalue weighted by molar-refractivity contribution is 5.83. The summed E-state index contributed by atoms with van der Waals surface area (Å²) in [6.07, 6.45) is 0.148. The molecule has 0 amide bonds. The summed E-state index contributed by atoms with van der Waals surface area (Å²) >= 11 is 0. The van der Waals surface area contributed by atoms with Crippen molar-refractivity contribution in [3.05, 3.63) is 48.0 Å². The second-order valence-corrected chi connectivity index (χ2v) is 4.88. The van der Waals surface area contributed by atoms with Gasteiger partial charge < -0.3 is 9.84 Å². The third-order valence-corrected chi connectivity index (χ3v) is 3.84. The van der Waals surface area contributed by atoms with Gasteiger partial charge in [-0.1, -0.05) is 43.3 Å². The lowest BCUT2D eigenvalue weighted by atomic mass is 9.89. The monoisotopic (exact) mass is 244 g/mol. The largest absolute Gasteiger partial charge is 0.385 e. The molecule has 2 unspecified atom stereocenters. The Morgan fingerprint density at radius 1 is 1.17 bits per heavy atom. The summed E-state index contributed by atoms with van der Waals surface area (Å²) in [6.45, 7) is 3.96. The molecule has 96 valence electrons. The average Bonchev–Trinajstić information content (AvgIpc) is 2.45. The van der Waals surface area contributed by atoms with Gasteiger partial charge in [0.15, 0.2) is 0 Å². The quantitative estimate of drug-likeness (QED) is 0.888. The van der Waals surface area contributed by atoms with Crippen LogP contribution in [0.2, 0.25) is 0 Å². The van der Waals surface area contributed by atoms with Crippen LogP contribution < -0.4 is 0 Å². The number of hydrogen-bond acceptors (Lipinski definition) is 2. The van der Waals surface area contributed by atoms with Gasteiger partial charge >= 0.3 is 0 Å². The molecule has 0 heterocycles. The summed E-state index contributed by atoms with van der Waals surface area (Å²) < 4.78 is 5.47. The van der Waals surface area contributed by atoms with E-state index in [1.165, 1.54) is 5.39 Å². The van der Waals surface area contributed by atoms with Crippen molar-refractivity contribution in [3.8, 4) is 0 Å². The molecule has 0 radical (unpaired) electrons. The van der Waals surface area contributed by atoms with E-state index in [4.69, 9.17) is 4.74 Å². The smallest absolute Gasteiger partial charge is 0.108 e. The van der Waals surface area contributed by atoms with Crippen molar-refractivity contribution in [2.45, 2.75) is 32.0 Å². The number of fused-ring (bicyclic) bond motifs is 1. The van der Waals surface area contributed by atoms with Crippen LogP contribution in [-0.4, -0.2) is 17.8 Å². The van der Waals surface area contributed by atoms with Crippen LogP contribution in [0.5, 0.6) is 0 Å². The zero-order valence-electron chi connectivity index (χ0n) is 11.2. The van der Waals surface area contributed by atoms with E-state index in [0.29, 0.717) is 0 Å². The number of aliphatic hydroxyl groups excluding tert-OH is 1. The minimum Gasteiger partial charge on any atom is -0.385 e. The highest BCUT2D eigenvalue weighted by Crippen LogP contribution is 2.32. The van der Waals surface area contributed by atoms with Crippen LogP contribution in [0.15, 0.2) is 42.5 Å². The zero-order valence-corrected chi connectivity index (χ0v) is 11.2. The van der Waals surface area contributed by atoms with Gasteiger partial charge in [0.2, 0.25) is 0 Å². The second kappa shape index (κ2) is 5.09. The number of ether oxygens (including phenoxy) is 1. The van der Waals surface area contributed by atoms with Crippen molar-refractivity contribution in [2.75, 3.05) is 7.11 Å². The fourth-order valence-electron chi connectivity index (χ4n) is 2.18. The maximum atomic E-state index is 10.5.